The molecule has 0 bridgehead atoms. The van der Waals surface area contributed by atoms with E-state index in [0.29, 0.717) is 27.8 Å². The Bertz CT molecular complexity index is 1170. The normalized spacial score (nSPS) is 11.0. The van der Waals surface area contributed by atoms with Gasteiger partial charge in [-0.15, -0.1) is 12.1 Å². The first-order valence-electron chi connectivity index (χ1n) is 8.97. The van der Waals surface area contributed by atoms with E-state index in [9.17, 15) is 9.59 Å². The summed E-state index contributed by atoms with van der Waals surface area (Å²) >= 11 is 0. The molecule has 1 aliphatic rings. The zero-order valence-electron chi connectivity index (χ0n) is 15.4. The summed E-state index contributed by atoms with van der Waals surface area (Å²) in [6.07, 6.45) is 0. The van der Waals surface area contributed by atoms with E-state index in [-0.39, 0.29) is 28.6 Å². The van der Waals surface area contributed by atoms with Crippen LogP contribution in [0, 0.1) is 11.8 Å². The Hall–Kier alpha value is -3.44. The van der Waals surface area contributed by atoms with Crippen molar-refractivity contribution in [3.05, 3.63) is 130 Å². The maximum atomic E-state index is 12.8. The monoisotopic (exact) mass is 416 g/mol. The Kier molecular flexibility index (Phi) is 6.42. The SMILES string of the molecule is O=C1c2ccccc2C(=O)c2c(C#C[c-]3cccc3)cccc21.[Fe].[cH-]1[cH-][cH-][cH-][cH-]1. The molecule has 0 unspecified atom stereocenters. The predicted octanol–water partition coefficient (Wildman–Crippen LogP) is 4.98. The first-order chi connectivity index (χ1) is 13.8. The average molecular weight is 416 g/mol. The van der Waals surface area contributed by atoms with E-state index in [0.717, 1.165) is 5.56 Å². The van der Waals surface area contributed by atoms with Crippen molar-refractivity contribution in [2.75, 3.05) is 0 Å². The van der Waals surface area contributed by atoms with Gasteiger partial charge in [0.1, 0.15) is 0 Å². The third kappa shape index (κ3) is 4.20. The van der Waals surface area contributed by atoms with E-state index in [4.69, 9.17) is 0 Å². The van der Waals surface area contributed by atoms with Gasteiger partial charge in [0.2, 0.25) is 0 Å². The van der Waals surface area contributed by atoms with Crippen LogP contribution in [0.25, 0.3) is 0 Å². The number of hydrogen-bond donors (Lipinski definition) is 0. The summed E-state index contributed by atoms with van der Waals surface area (Å²) in [4.78, 5) is 25.5. The van der Waals surface area contributed by atoms with Crippen LogP contribution in [0.2, 0.25) is 0 Å². The molecule has 2 nitrogen and oxygen atoms in total. The van der Waals surface area contributed by atoms with Crippen molar-refractivity contribution < 1.29 is 26.7 Å². The molecule has 0 N–H and O–H groups in total. The topological polar surface area (TPSA) is 34.1 Å². The number of benzene rings is 2. The van der Waals surface area contributed by atoms with Crippen LogP contribution in [-0.4, -0.2) is 11.6 Å². The smallest absolute Gasteiger partial charge is 0.194 e. The minimum absolute atomic E-state index is 0. The molecule has 0 atom stereocenters. The van der Waals surface area contributed by atoms with Crippen LogP contribution < -0.4 is 0 Å². The molecule has 0 fully saturated rings. The van der Waals surface area contributed by atoms with Gasteiger partial charge in [-0.25, -0.2) is 0 Å². The average Bonchev–Trinajstić information content (AvgIpc) is 3.47. The number of hydrogen-bond acceptors (Lipinski definition) is 2. The van der Waals surface area contributed by atoms with Crippen LogP contribution >= 0.6 is 0 Å². The van der Waals surface area contributed by atoms with E-state index >= 15 is 0 Å². The Labute approximate surface area is 180 Å². The number of ketones is 2. The van der Waals surface area contributed by atoms with Gasteiger partial charge in [0.25, 0.3) is 0 Å². The molecular weight excluding hydrogens is 400 g/mol. The Morgan fingerprint density at radius 3 is 1.83 bits per heavy atom. The van der Waals surface area contributed by atoms with Crippen LogP contribution in [0.5, 0.6) is 0 Å². The van der Waals surface area contributed by atoms with Crippen molar-refractivity contribution >= 4 is 11.6 Å². The molecule has 0 amide bonds. The Balaban J connectivity index is 0.000000352. The number of rotatable bonds is 0. The second-order valence-electron chi connectivity index (χ2n) is 6.32. The molecule has 0 radical (unpaired) electrons. The third-order valence-electron chi connectivity index (χ3n) is 4.51. The van der Waals surface area contributed by atoms with Gasteiger partial charge in [-0.3, -0.25) is 9.59 Å². The molecule has 0 aliphatic heterocycles. The number of fused-ring (bicyclic) bond motifs is 2. The van der Waals surface area contributed by atoms with Gasteiger partial charge in [-0.05, 0) is 5.56 Å². The van der Waals surface area contributed by atoms with Crippen LogP contribution in [0.15, 0.2) is 97.1 Å². The zero-order chi connectivity index (χ0) is 19.3. The van der Waals surface area contributed by atoms with Gasteiger partial charge in [-0.2, -0.15) is 24.0 Å². The van der Waals surface area contributed by atoms with E-state index < -0.39 is 0 Å². The van der Waals surface area contributed by atoms with Crippen molar-refractivity contribution in [1.82, 2.24) is 0 Å². The van der Waals surface area contributed by atoms with Gasteiger partial charge >= 0.3 is 0 Å². The van der Waals surface area contributed by atoms with Gasteiger partial charge in [-0.1, -0.05) is 48.0 Å². The number of carbonyl (C=O) groups excluding carboxylic acids is 2. The van der Waals surface area contributed by atoms with E-state index in [1.807, 2.05) is 54.6 Å². The fourth-order valence-corrected chi connectivity index (χ4v) is 3.17. The first kappa shape index (κ1) is 20.3. The van der Waals surface area contributed by atoms with E-state index in [2.05, 4.69) is 11.8 Å². The maximum absolute atomic E-state index is 12.8. The van der Waals surface area contributed by atoms with Gasteiger partial charge in [0, 0.05) is 39.3 Å². The van der Waals surface area contributed by atoms with Crippen molar-refractivity contribution in [2.24, 2.45) is 0 Å². The molecule has 5 rings (SSSR count). The van der Waals surface area contributed by atoms with Crippen molar-refractivity contribution in [1.29, 1.82) is 0 Å². The third-order valence-corrected chi connectivity index (χ3v) is 4.51. The van der Waals surface area contributed by atoms with Crippen molar-refractivity contribution in [2.45, 2.75) is 0 Å². The molecule has 0 saturated heterocycles. The maximum Gasteiger partial charge on any atom is 0.194 e. The van der Waals surface area contributed by atoms with Crippen LogP contribution in [0.4, 0.5) is 0 Å². The molecule has 29 heavy (non-hydrogen) atoms. The van der Waals surface area contributed by atoms with Crippen molar-refractivity contribution in [3.63, 3.8) is 0 Å². The summed E-state index contributed by atoms with van der Waals surface area (Å²) < 4.78 is 0. The molecule has 4 aromatic carbocycles. The summed E-state index contributed by atoms with van der Waals surface area (Å²) in [5, 5.41) is 0. The molecule has 0 spiro atoms. The molecule has 146 valence electrons. The molecular formula is C26H16FeO2-6. The van der Waals surface area contributed by atoms with Gasteiger partial charge < -0.3 is 30.3 Å². The Morgan fingerprint density at radius 2 is 1.21 bits per heavy atom. The number of carbonyl (C=O) groups is 2. The molecule has 1 aliphatic carbocycles. The van der Waals surface area contributed by atoms with E-state index in [1.54, 1.807) is 42.5 Å². The van der Waals surface area contributed by atoms with E-state index in [1.165, 1.54) is 0 Å². The molecule has 0 heterocycles. The van der Waals surface area contributed by atoms with Gasteiger partial charge in [0.15, 0.2) is 11.6 Å². The summed E-state index contributed by atoms with van der Waals surface area (Å²) in [6, 6.07) is 29.8. The minimum Gasteiger partial charge on any atom is -0.748 e. The van der Waals surface area contributed by atoms with Crippen LogP contribution in [0.1, 0.15) is 43.0 Å². The van der Waals surface area contributed by atoms with Crippen LogP contribution in [-0.2, 0) is 17.1 Å². The fraction of sp³-hybridized carbons (Fsp3) is 0. The predicted molar refractivity (Wildman–Crippen MR) is 110 cm³/mol. The van der Waals surface area contributed by atoms with Gasteiger partial charge in [0.05, 0.1) is 0 Å². The molecule has 0 saturated carbocycles. The van der Waals surface area contributed by atoms with Crippen molar-refractivity contribution in [3.8, 4) is 11.8 Å². The molecule has 4 aromatic rings. The summed E-state index contributed by atoms with van der Waals surface area (Å²) in [5.41, 5.74) is 3.24. The second kappa shape index (κ2) is 9.17. The quantitative estimate of drug-likeness (QED) is 0.203. The second-order valence-corrected chi connectivity index (χ2v) is 6.32. The molecule has 3 heteroatoms. The minimum atomic E-state index is -0.136. The summed E-state index contributed by atoms with van der Waals surface area (Å²) in [7, 11) is 0. The first-order valence-corrected chi connectivity index (χ1v) is 8.97. The zero-order valence-corrected chi connectivity index (χ0v) is 16.5. The summed E-state index contributed by atoms with van der Waals surface area (Å²) in [6.45, 7) is 0. The molecule has 0 aromatic heterocycles. The largest absolute Gasteiger partial charge is 0.748 e. The standard InChI is InChI=1S/C21H11O2.C5H5.Fe/c22-20-16-9-3-4-10-17(16)21(23)19-15(8-5-11-18(19)20)13-12-14-6-1-2-7-14;1-2-4-5-3-1;/h1-11H;1-5H;/q-1;-5;. The Morgan fingerprint density at radius 1 is 0.655 bits per heavy atom. The summed E-state index contributed by atoms with van der Waals surface area (Å²) in [5.74, 6) is 5.82. The van der Waals surface area contributed by atoms with Crippen LogP contribution in [0.3, 0.4) is 0 Å². The fourth-order valence-electron chi connectivity index (χ4n) is 3.17.